The van der Waals surface area contributed by atoms with Crippen molar-refractivity contribution in [2.24, 2.45) is 5.92 Å². The molecule has 0 bridgehead atoms. The lowest BCUT2D eigenvalue weighted by atomic mass is 10.1. The Morgan fingerprint density at radius 3 is 2.64 bits per heavy atom. The molecule has 1 saturated heterocycles. The molecule has 5 nitrogen and oxygen atoms in total. The third-order valence-corrected chi connectivity index (χ3v) is 4.47. The zero-order valence-corrected chi connectivity index (χ0v) is 15.0. The van der Waals surface area contributed by atoms with Crippen LogP contribution in [0, 0.1) is 5.92 Å². The highest BCUT2D eigenvalue weighted by molar-refractivity contribution is 14.1. The van der Waals surface area contributed by atoms with Crippen molar-refractivity contribution < 1.29 is 14.3 Å². The van der Waals surface area contributed by atoms with Gasteiger partial charge in [-0.15, -0.1) is 0 Å². The number of halogens is 1. The van der Waals surface area contributed by atoms with Crippen molar-refractivity contribution in [2.45, 2.75) is 24.2 Å². The number of anilines is 2. The van der Waals surface area contributed by atoms with Gasteiger partial charge in [-0.25, -0.2) is 0 Å². The minimum atomic E-state index is -0.0434. The molecule has 0 aliphatic carbocycles. The van der Waals surface area contributed by atoms with Gasteiger partial charge in [-0.05, 0) is 36.6 Å². The van der Waals surface area contributed by atoms with Gasteiger partial charge >= 0.3 is 0 Å². The van der Waals surface area contributed by atoms with Crippen molar-refractivity contribution in [2.75, 3.05) is 30.0 Å². The topological polar surface area (TPSA) is 58.6 Å². The number of morpholine rings is 1. The summed E-state index contributed by atoms with van der Waals surface area (Å²) in [5.41, 5.74) is 1.58. The number of carbonyl (C=O) groups is 2. The van der Waals surface area contributed by atoms with Crippen LogP contribution in [0.25, 0.3) is 0 Å². The molecule has 0 saturated carbocycles. The molecule has 0 spiro atoms. The molecule has 22 heavy (non-hydrogen) atoms. The fraction of sp³-hybridized carbons (Fsp3) is 0.500. The fourth-order valence-corrected chi connectivity index (χ4v) is 3.43. The van der Waals surface area contributed by atoms with Crippen molar-refractivity contribution in [1.82, 2.24) is 0 Å². The Kier molecular flexibility index (Phi) is 6.19. The van der Waals surface area contributed by atoms with Gasteiger partial charge in [0.15, 0.2) is 0 Å². The smallest absolute Gasteiger partial charge is 0.253 e. The Labute approximate surface area is 144 Å². The second kappa shape index (κ2) is 7.92. The third kappa shape index (κ3) is 4.67. The molecule has 1 N–H and O–H groups in total. The molecule has 0 radical (unpaired) electrons. The van der Waals surface area contributed by atoms with E-state index < -0.39 is 0 Å². The zero-order valence-electron chi connectivity index (χ0n) is 12.8. The van der Waals surface area contributed by atoms with E-state index in [1.807, 2.05) is 24.3 Å². The summed E-state index contributed by atoms with van der Waals surface area (Å²) in [4.78, 5) is 25.6. The van der Waals surface area contributed by atoms with Crippen LogP contribution in [0.4, 0.5) is 11.4 Å². The van der Waals surface area contributed by atoms with E-state index in [0.29, 0.717) is 19.1 Å². The van der Waals surface area contributed by atoms with Gasteiger partial charge < -0.3 is 15.0 Å². The van der Waals surface area contributed by atoms with E-state index in [0.717, 1.165) is 17.8 Å². The number of carbonyl (C=O) groups excluding carboxylic acids is 2. The van der Waals surface area contributed by atoms with Crippen LogP contribution in [0.3, 0.4) is 0 Å². The minimum Gasteiger partial charge on any atom is -0.370 e. The second-order valence-electron chi connectivity index (χ2n) is 5.73. The lowest BCUT2D eigenvalue weighted by Crippen LogP contribution is -2.41. The van der Waals surface area contributed by atoms with Crippen LogP contribution in [0.15, 0.2) is 24.3 Å². The SMILES string of the molecule is CC(C)C[C@@H](I)C(=O)Nc1ccc(N2CCOCC2=O)cc1. The summed E-state index contributed by atoms with van der Waals surface area (Å²) in [5, 5.41) is 2.91. The number of nitrogens with one attached hydrogen (secondary N) is 1. The standard InChI is InChI=1S/C16H21IN2O3/c1-11(2)9-14(17)16(21)18-12-3-5-13(6-4-12)19-7-8-22-10-15(19)20/h3-6,11,14H,7-10H2,1-2H3,(H,18,21)/t14-/m1/s1. The molecular weight excluding hydrogens is 395 g/mol. The number of ether oxygens (including phenoxy) is 1. The number of benzene rings is 1. The van der Waals surface area contributed by atoms with E-state index in [-0.39, 0.29) is 22.3 Å². The van der Waals surface area contributed by atoms with E-state index in [9.17, 15) is 9.59 Å². The summed E-state index contributed by atoms with van der Waals surface area (Å²) >= 11 is 2.18. The highest BCUT2D eigenvalue weighted by Crippen LogP contribution is 2.21. The molecule has 0 unspecified atom stereocenters. The van der Waals surface area contributed by atoms with E-state index in [4.69, 9.17) is 4.74 Å². The first-order chi connectivity index (χ1) is 10.5. The quantitative estimate of drug-likeness (QED) is 0.594. The van der Waals surface area contributed by atoms with Crippen LogP contribution in [0.1, 0.15) is 20.3 Å². The molecular formula is C16H21IN2O3. The average molecular weight is 416 g/mol. The molecule has 1 atom stereocenters. The predicted octanol–water partition coefficient (Wildman–Crippen LogP) is 2.84. The fourth-order valence-electron chi connectivity index (χ4n) is 2.26. The van der Waals surface area contributed by atoms with E-state index in [1.54, 1.807) is 4.90 Å². The average Bonchev–Trinajstić information content (AvgIpc) is 2.48. The van der Waals surface area contributed by atoms with Gasteiger partial charge in [0, 0.05) is 17.9 Å². The van der Waals surface area contributed by atoms with Gasteiger partial charge in [-0.1, -0.05) is 36.4 Å². The Morgan fingerprint density at radius 1 is 1.36 bits per heavy atom. The number of alkyl halides is 1. The molecule has 1 aliphatic heterocycles. The van der Waals surface area contributed by atoms with Gasteiger partial charge in [-0.3, -0.25) is 9.59 Å². The summed E-state index contributed by atoms with van der Waals surface area (Å²) in [6.45, 7) is 5.45. The first-order valence-corrected chi connectivity index (χ1v) is 8.65. The van der Waals surface area contributed by atoms with Crippen LogP contribution >= 0.6 is 22.6 Å². The van der Waals surface area contributed by atoms with Crippen LogP contribution < -0.4 is 10.2 Å². The summed E-state index contributed by atoms with van der Waals surface area (Å²) in [7, 11) is 0. The lowest BCUT2D eigenvalue weighted by Gasteiger charge is -2.27. The molecule has 6 heteroatoms. The summed E-state index contributed by atoms with van der Waals surface area (Å²) in [6.07, 6.45) is 0.854. The first kappa shape index (κ1) is 17.2. The molecule has 2 rings (SSSR count). The minimum absolute atomic E-state index is 0.0181. The van der Waals surface area contributed by atoms with Crippen molar-refractivity contribution in [3.8, 4) is 0 Å². The van der Waals surface area contributed by atoms with E-state index in [1.165, 1.54) is 0 Å². The molecule has 0 aromatic heterocycles. The maximum Gasteiger partial charge on any atom is 0.253 e. The maximum atomic E-state index is 12.1. The van der Waals surface area contributed by atoms with E-state index in [2.05, 4.69) is 41.8 Å². The van der Waals surface area contributed by atoms with Gasteiger partial charge in [0.05, 0.1) is 10.5 Å². The Balaban J connectivity index is 1.97. The number of amides is 2. The highest BCUT2D eigenvalue weighted by Gasteiger charge is 2.20. The van der Waals surface area contributed by atoms with Crippen molar-refractivity contribution in [3.05, 3.63) is 24.3 Å². The van der Waals surface area contributed by atoms with Gasteiger partial charge in [0.2, 0.25) is 5.91 Å². The van der Waals surface area contributed by atoms with Gasteiger partial charge in [0.25, 0.3) is 5.91 Å². The first-order valence-electron chi connectivity index (χ1n) is 7.40. The molecule has 1 heterocycles. The maximum absolute atomic E-state index is 12.1. The highest BCUT2D eigenvalue weighted by atomic mass is 127. The summed E-state index contributed by atoms with van der Waals surface area (Å²) in [5.74, 6) is 0.471. The third-order valence-electron chi connectivity index (χ3n) is 3.40. The second-order valence-corrected chi connectivity index (χ2v) is 7.23. The van der Waals surface area contributed by atoms with Gasteiger partial charge in [-0.2, -0.15) is 0 Å². The lowest BCUT2D eigenvalue weighted by molar-refractivity contribution is -0.125. The molecule has 2 amide bonds. The molecule has 1 aromatic rings. The number of hydrogen-bond donors (Lipinski definition) is 1. The number of rotatable bonds is 5. The van der Waals surface area contributed by atoms with Crippen molar-refractivity contribution >= 4 is 45.8 Å². The Morgan fingerprint density at radius 2 is 2.05 bits per heavy atom. The van der Waals surface area contributed by atoms with Crippen LogP contribution in [0.5, 0.6) is 0 Å². The van der Waals surface area contributed by atoms with Gasteiger partial charge in [0.1, 0.15) is 6.61 Å². The van der Waals surface area contributed by atoms with Crippen LogP contribution in [-0.4, -0.2) is 35.5 Å². The number of hydrogen-bond acceptors (Lipinski definition) is 3. The molecule has 1 fully saturated rings. The largest absolute Gasteiger partial charge is 0.370 e. The van der Waals surface area contributed by atoms with Crippen molar-refractivity contribution in [3.63, 3.8) is 0 Å². The molecule has 1 aromatic carbocycles. The van der Waals surface area contributed by atoms with Crippen LogP contribution in [0.2, 0.25) is 0 Å². The molecule has 120 valence electrons. The van der Waals surface area contributed by atoms with E-state index >= 15 is 0 Å². The number of nitrogens with zero attached hydrogens (tertiary/aromatic N) is 1. The monoisotopic (exact) mass is 416 g/mol. The van der Waals surface area contributed by atoms with Crippen molar-refractivity contribution in [1.29, 1.82) is 0 Å². The van der Waals surface area contributed by atoms with Crippen LogP contribution in [-0.2, 0) is 14.3 Å². The normalized spacial score (nSPS) is 16.7. The summed E-state index contributed by atoms with van der Waals surface area (Å²) in [6, 6.07) is 7.36. The Hall–Kier alpha value is -1.15. The Bertz CT molecular complexity index is 531. The predicted molar refractivity (Wildman–Crippen MR) is 95.5 cm³/mol. The summed E-state index contributed by atoms with van der Waals surface area (Å²) < 4.78 is 5.08. The molecule has 1 aliphatic rings. The zero-order chi connectivity index (χ0) is 16.1.